The normalized spacial score (nSPS) is 25.2. The molecule has 1 saturated carbocycles. The molecule has 128 valence electrons. The van der Waals surface area contributed by atoms with Crippen LogP contribution in [0.2, 0.25) is 0 Å². The highest BCUT2D eigenvalue weighted by Gasteiger charge is 2.36. The van der Waals surface area contributed by atoms with E-state index in [1.54, 1.807) is 0 Å². The maximum absolute atomic E-state index is 12.3. The molecule has 1 rings (SSSR count). The van der Waals surface area contributed by atoms with E-state index in [9.17, 15) is 9.59 Å². The number of amides is 1. The quantitative estimate of drug-likeness (QED) is 0.633. The summed E-state index contributed by atoms with van der Waals surface area (Å²) in [4.78, 5) is 22.8. The van der Waals surface area contributed by atoms with Crippen molar-refractivity contribution in [2.75, 3.05) is 6.54 Å². The molecule has 0 aromatic heterocycles. The minimum absolute atomic E-state index is 0.110. The molecule has 0 aromatic carbocycles. The van der Waals surface area contributed by atoms with Crippen LogP contribution in [0, 0.1) is 17.3 Å². The smallest absolute Gasteiger partial charge is 0.303 e. The lowest BCUT2D eigenvalue weighted by Crippen LogP contribution is -2.41. The third-order valence-corrected chi connectivity index (χ3v) is 5.00. The topological polar surface area (TPSA) is 66.4 Å². The molecule has 0 radical (unpaired) electrons. The van der Waals surface area contributed by atoms with Crippen LogP contribution in [-0.4, -0.2) is 23.5 Å². The van der Waals surface area contributed by atoms with Crippen molar-refractivity contribution in [1.29, 1.82) is 0 Å². The van der Waals surface area contributed by atoms with Gasteiger partial charge >= 0.3 is 5.97 Å². The van der Waals surface area contributed by atoms with E-state index in [-0.39, 0.29) is 17.7 Å². The number of rotatable bonds is 9. The largest absolute Gasteiger partial charge is 0.481 e. The van der Waals surface area contributed by atoms with Crippen LogP contribution in [0.25, 0.3) is 0 Å². The highest BCUT2D eigenvalue weighted by Crippen LogP contribution is 2.40. The molecule has 0 aliphatic heterocycles. The molecule has 1 aliphatic carbocycles. The second kappa shape index (κ2) is 9.16. The molecule has 4 heteroatoms. The van der Waals surface area contributed by atoms with E-state index in [1.807, 2.05) is 0 Å². The summed E-state index contributed by atoms with van der Waals surface area (Å²) in [6, 6.07) is 0. The summed E-state index contributed by atoms with van der Waals surface area (Å²) in [5.41, 5.74) is -0.252. The van der Waals surface area contributed by atoms with Crippen LogP contribution in [0.1, 0.15) is 78.6 Å². The Labute approximate surface area is 135 Å². The summed E-state index contributed by atoms with van der Waals surface area (Å²) in [6.45, 7) is 7.07. The Bertz CT molecular complexity index is 357. The molecule has 0 saturated heterocycles. The van der Waals surface area contributed by atoms with Crippen molar-refractivity contribution in [2.24, 2.45) is 17.3 Å². The fourth-order valence-corrected chi connectivity index (χ4v) is 3.30. The number of carbonyl (C=O) groups excluding carboxylic acids is 1. The van der Waals surface area contributed by atoms with Crippen LogP contribution < -0.4 is 5.32 Å². The Hall–Kier alpha value is -1.06. The Kier molecular flexibility index (Phi) is 7.91. The SMILES string of the molecule is CC(C)CCCC1CCC(C)(C(=O)NCCCC(=O)O)CC1. The second-order valence-electron chi connectivity index (χ2n) is 7.58. The molecule has 1 amide bonds. The minimum Gasteiger partial charge on any atom is -0.481 e. The van der Waals surface area contributed by atoms with Gasteiger partial charge in [-0.2, -0.15) is 0 Å². The summed E-state index contributed by atoms with van der Waals surface area (Å²) in [5, 5.41) is 11.5. The molecule has 22 heavy (non-hydrogen) atoms. The van der Waals surface area contributed by atoms with E-state index in [2.05, 4.69) is 26.1 Å². The molecular formula is C18H33NO3. The van der Waals surface area contributed by atoms with Gasteiger partial charge in [-0.3, -0.25) is 9.59 Å². The lowest BCUT2D eigenvalue weighted by atomic mass is 9.70. The van der Waals surface area contributed by atoms with Gasteiger partial charge in [0.15, 0.2) is 0 Å². The molecule has 0 bridgehead atoms. The van der Waals surface area contributed by atoms with E-state index in [0.29, 0.717) is 13.0 Å². The third-order valence-electron chi connectivity index (χ3n) is 5.00. The van der Waals surface area contributed by atoms with E-state index in [4.69, 9.17) is 5.11 Å². The molecule has 1 aliphatic rings. The number of carbonyl (C=O) groups is 2. The summed E-state index contributed by atoms with van der Waals surface area (Å²) in [6.07, 6.45) is 8.76. The molecular weight excluding hydrogens is 278 g/mol. The van der Waals surface area contributed by atoms with Crippen LogP contribution in [0.15, 0.2) is 0 Å². The first-order valence-corrected chi connectivity index (χ1v) is 8.83. The number of carboxylic acids is 1. The predicted octanol–water partition coefficient (Wildman–Crippen LogP) is 3.99. The first kappa shape index (κ1) is 19.0. The van der Waals surface area contributed by atoms with Crippen LogP contribution in [0.3, 0.4) is 0 Å². The van der Waals surface area contributed by atoms with E-state index >= 15 is 0 Å². The zero-order chi connectivity index (χ0) is 16.6. The fraction of sp³-hybridized carbons (Fsp3) is 0.889. The van der Waals surface area contributed by atoms with Crippen LogP contribution in [0.4, 0.5) is 0 Å². The first-order valence-electron chi connectivity index (χ1n) is 8.83. The molecule has 0 unspecified atom stereocenters. The highest BCUT2D eigenvalue weighted by atomic mass is 16.4. The lowest BCUT2D eigenvalue weighted by Gasteiger charge is -2.36. The van der Waals surface area contributed by atoms with Crippen molar-refractivity contribution in [3.63, 3.8) is 0 Å². The standard InChI is InChI=1S/C18H33NO3/c1-14(2)6-4-7-15-9-11-18(3,12-10-15)17(22)19-13-5-8-16(20)21/h14-15H,4-13H2,1-3H3,(H,19,22)(H,20,21). The Morgan fingerprint density at radius 1 is 1.23 bits per heavy atom. The van der Waals surface area contributed by atoms with Crippen LogP contribution >= 0.6 is 0 Å². The van der Waals surface area contributed by atoms with E-state index < -0.39 is 5.97 Å². The maximum atomic E-state index is 12.3. The van der Waals surface area contributed by atoms with Crippen LogP contribution in [-0.2, 0) is 9.59 Å². The van der Waals surface area contributed by atoms with Gasteiger partial charge < -0.3 is 10.4 Å². The summed E-state index contributed by atoms with van der Waals surface area (Å²) >= 11 is 0. The van der Waals surface area contributed by atoms with Gasteiger partial charge in [0.25, 0.3) is 0 Å². The molecule has 0 heterocycles. The Balaban J connectivity index is 2.25. The van der Waals surface area contributed by atoms with Gasteiger partial charge in [-0.05, 0) is 43.9 Å². The number of nitrogens with one attached hydrogen (secondary N) is 1. The highest BCUT2D eigenvalue weighted by molar-refractivity contribution is 5.82. The zero-order valence-corrected chi connectivity index (χ0v) is 14.5. The number of hydrogen-bond acceptors (Lipinski definition) is 2. The van der Waals surface area contributed by atoms with Gasteiger partial charge in [-0.25, -0.2) is 0 Å². The molecule has 0 atom stereocenters. The molecule has 4 nitrogen and oxygen atoms in total. The molecule has 0 aromatic rings. The van der Waals surface area contributed by atoms with Crippen LogP contribution in [0.5, 0.6) is 0 Å². The lowest BCUT2D eigenvalue weighted by molar-refractivity contribution is -0.137. The van der Waals surface area contributed by atoms with Gasteiger partial charge in [0.2, 0.25) is 5.91 Å². The zero-order valence-electron chi connectivity index (χ0n) is 14.5. The van der Waals surface area contributed by atoms with Crippen molar-refractivity contribution in [1.82, 2.24) is 5.32 Å². The van der Waals surface area contributed by atoms with Gasteiger partial charge in [-0.15, -0.1) is 0 Å². The summed E-state index contributed by atoms with van der Waals surface area (Å²) in [7, 11) is 0. The van der Waals surface area contributed by atoms with Gasteiger partial charge in [0.05, 0.1) is 0 Å². The first-order chi connectivity index (χ1) is 10.3. The summed E-state index contributed by atoms with van der Waals surface area (Å²) < 4.78 is 0. The monoisotopic (exact) mass is 311 g/mol. The van der Waals surface area contributed by atoms with Gasteiger partial charge in [0.1, 0.15) is 0 Å². The van der Waals surface area contributed by atoms with Crippen molar-refractivity contribution in [3.05, 3.63) is 0 Å². The average molecular weight is 311 g/mol. The van der Waals surface area contributed by atoms with Crippen molar-refractivity contribution >= 4 is 11.9 Å². The Morgan fingerprint density at radius 2 is 1.86 bits per heavy atom. The van der Waals surface area contributed by atoms with Crippen molar-refractivity contribution in [3.8, 4) is 0 Å². The third kappa shape index (κ3) is 6.80. The maximum Gasteiger partial charge on any atom is 0.303 e. The molecule has 2 N–H and O–H groups in total. The predicted molar refractivity (Wildman–Crippen MR) is 88.6 cm³/mol. The van der Waals surface area contributed by atoms with Crippen molar-refractivity contribution < 1.29 is 14.7 Å². The van der Waals surface area contributed by atoms with E-state index in [0.717, 1.165) is 37.5 Å². The number of aliphatic carboxylic acids is 1. The second-order valence-corrected chi connectivity index (χ2v) is 7.58. The molecule has 1 fully saturated rings. The minimum atomic E-state index is -0.803. The number of hydrogen-bond donors (Lipinski definition) is 2. The van der Waals surface area contributed by atoms with Gasteiger partial charge in [0, 0.05) is 18.4 Å². The number of carboxylic acid groups (broad SMARTS) is 1. The van der Waals surface area contributed by atoms with E-state index in [1.165, 1.54) is 19.3 Å². The Morgan fingerprint density at radius 3 is 2.41 bits per heavy atom. The average Bonchev–Trinajstić information content (AvgIpc) is 2.45. The molecule has 0 spiro atoms. The van der Waals surface area contributed by atoms with Crippen molar-refractivity contribution in [2.45, 2.75) is 78.6 Å². The fourth-order valence-electron chi connectivity index (χ4n) is 3.30. The summed E-state index contributed by atoms with van der Waals surface area (Å²) in [5.74, 6) is 0.873. The van der Waals surface area contributed by atoms with Gasteiger partial charge in [-0.1, -0.05) is 40.0 Å².